The van der Waals surface area contributed by atoms with Gasteiger partial charge in [0.25, 0.3) is 5.91 Å². The van der Waals surface area contributed by atoms with Crippen molar-refractivity contribution in [3.8, 4) is 11.1 Å². The van der Waals surface area contributed by atoms with Gasteiger partial charge in [-0.1, -0.05) is 24.3 Å². The van der Waals surface area contributed by atoms with Gasteiger partial charge in [-0.05, 0) is 59.5 Å². The second kappa shape index (κ2) is 12.6. The molecule has 4 rings (SSSR count). The molecule has 0 saturated heterocycles. The Morgan fingerprint density at radius 1 is 0.780 bits per heavy atom. The van der Waals surface area contributed by atoms with Crippen LogP contribution in [0.25, 0.3) is 11.1 Å². The molecule has 3 aromatic carbocycles. The van der Waals surface area contributed by atoms with Crippen molar-refractivity contribution in [3.05, 3.63) is 99.6 Å². The lowest BCUT2D eigenvalue weighted by Gasteiger charge is -2.17. The number of carbonyl (C=O) groups excluding carboxylic acids is 2. The molecule has 268 valence electrons. The van der Waals surface area contributed by atoms with Gasteiger partial charge in [-0.15, -0.1) is 5.10 Å². The van der Waals surface area contributed by atoms with E-state index in [0.29, 0.717) is 12.1 Å². The van der Waals surface area contributed by atoms with Crippen LogP contribution in [0.2, 0.25) is 0 Å². The fourth-order valence-electron chi connectivity index (χ4n) is 4.61. The van der Waals surface area contributed by atoms with Crippen LogP contribution in [0.3, 0.4) is 0 Å². The molecule has 4 aromatic rings. The van der Waals surface area contributed by atoms with Crippen molar-refractivity contribution in [2.24, 2.45) is 5.73 Å². The summed E-state index contributed by atoms with van der Waals surface area (Å²) in [6, 6.07) is 6.56. The molecule has 2 amide bonds. The van der Waals surface area contributed by atoms with Crippen molar-refractivity contribution >= 4 is 17.5 Å². The summed E-state index contributed by atoms with van der Waals surface area (Å²) in [6.45, 7) is 0.233. The molecule has 0 bridgehead atoms. The number of hydrogen-bond donors (Lipinski definition) is 2. The first kappa shape index (κ1) is 37.6. The van der Waals surface area contributed by atoms with Gasteiger partial charge in [-0.3, -0.25) is 9.59 Å². The predicted molar refractivity (Wildman–Crippen MR) is 144 cm³/mol. The van der Waals surface area contributed by atoms with Gasteiger partial charge in [0.2, 0.25) is 17.6 Å². The lowest BCUT2D eigenvalue weighted by atomic mass is 9.92. The summed E-state index contributed by atoms with van der Waals surface area (Å²) >= 11 is 0. The number of carbonyl (C=O) groups is 2. The largest absolute Gasteiger partial charge is 0.461 e. The van der Waals surface area contributed by atoms with Crippen LogP contribution in [0.1, 0.15) is 54.6 Å². The van der Waals surface area contributed by atoms with E-state index in [1.54, 1.807) is 0 Å². The minimum Gasteiger partial charge on any atom is -0.366 e. The van der Waals surface area contributed by atoms with Crippen LogP contribution in [-0.2, 0) is 31.0 Å². The molecule has 0 spiro atoms. The van der Waals surface area contributed by atoms with Crippen LogP contribution in [0.5, 0.6) is 0 Å². The second-order valence-corrected chi connectivity index (χ2v) is 10.5. The zero-order chi connectivity index (χ0) is 37.8. The summed E-state index contributed by atoms with van der Waals surface area (Å²) in [5, 5.41) is 5.02. The summed E-state index contributed by atoms with van der Waals surface area (Å²) in [6.07, 6.45) is -22.3. The highest BCUT2D eigenvalue weighted by atomic mass is 19.4. The number of anilines is 1. The molecule has 0 aliphatic carbocycles. The van der Waals surface area contributed by atoms with E-state index >= 15 is 0 Å². The van der Waals surface area contributed by atoms with E-state index in [1.165, 1.54) is 6.92 Å². The Hall–Kier alpha value is -5.24. The standard InChI is InChI=1S/C29H17F14N5O2/c1-12-7-13(11-48-24(28(38,39)40)46-23(47-48)25(30,31)29(41,42)43)5-6-19(12)45-22(50)18-4-2-3-17(20(18)21(44)49)14-8-15(26(32,33)34)10-16(9-14)27(35,36)37/h2-10H,11H2,1H3,(H2,44,49)(H,45,50). The summed E-state index contributed by atoms with van der Waals surface area (Å²) in [4.78, 5) is 28.0. The summed E-state index contributed by atoms with van der Waals surface area (Å²) in [5.41, 5.74) is -1.03. The Morgan fingerprint density at radius 3 is 1.84 bits per heavy atom. The van der Waals surface area contributed by atoms with E-state index in [1.807, 2.05) is 0 Å². The molecule has 0 saturated carbocycles. The number of hydrogen-bond acceptors (Lipinski definition) is 4. The Labute approximate surface area is 269 Å². The molecule has 1 aromatic heterocycles. The first-order valence-corrected chi connectivity index (χ1v) is 13.3. The van der Waals surface area contributed by atoms with Crippen LogP contribution in [-0.4, -0.2) is 32.8 Å². The normalized spacial score (nSPS) is 13.0. The van der Waals surface area contributed by atoms with Gasteiger partial charge in [-0.25, -0.2) is 9.67 Å². The summed E-state index contributed by atoms with van der Waals surface area (Å²) in [7, 11) is 0. The monoisotopic (exact) mass is 733 g/mol. The minimum absolute atomic E-state index is 0.0369. The lowest BCUT2D eigenvalue weighted by Crippen LogP contribution is -2.35. The molecule has 21 heteroatoms. The Morgan fingerprint density at radius 2 is 1.36 bits per heavy atom. The first-order valence-electron chi connectivity index (χ1n) is 13.3. The van der Waals surface area contributed by atoms with Crippen LogP contribution in [0, 0.1) is 6.92 Å². The second-order valence-electron chi connectivity index (χ2n) is 10.5. The number of primary amides is 1. The van der Waals surface area contributed by atoms with Crippen LogP contribution >= 0.6 is 0 Å². The van der Waals surface area contributed by atoms with Gasteiger partial charge in [-0.2, -0.15) is 61.5 Å². The Kier molecular flexibility index (Phi) is 9.45. The van der Waals surface area contributed by atoms with E-state index in [-0.39, 0.29) is 27.6 Å². The number of nitrogens with one attached hydrogen (secondary N) is 1. The molecule has 0 aliphatic heterocycles. The van der Waals surface area contributed by atoms with E-state index in [2.05, 4.69) is 15.4 Å². The fourth-order valence-corrected chi connectivity index (χ4v) is 4.61. The van der Waals surface area contributed by atoms with E-state index < -0.39 is 94.0 Å². The van der Waals surface area contributed by atoms with Crippen molar-refractivity contribution in [1.29, 1.82) is 0 Å². The molecular formula is C29H17F14N5O2. The molecule has 0 aliphatic rings. The topological polar surface area (TPSA) is 103 Å². The highest BCUT2D eigenvalue weighted by Gasteiger charge is 2.62. The van der Waals surface area contributed by atoms with Crippen molar-refractivity contribution in [2.75, 3.05) is 5.32 Å². The highest BCUT2D eigenvalue weighted by Crippen LogP contribution is 2.44. The molecule has 0 unspecified atom stereocenters. The van der Waals surface area contributed by atoms with Crippen LogP contribution < -0.4 is 11.1 Å². The third-order valence-corrected chi connectivity index (χ3v) is 6.89. The Balaban J connectivity index is 1.70. The number of aromatic nitrogens is 3. The molecule has 0 radical (unpaired) electrons. The molecule has 50 heavy (non-hydrogen) atoms. The van der Waals surface area contributed by atoms with Gasteiger partial charge in [0.15, 0.2) is 0 Å². The van der Waals surface area contributed by atoms with E-state index in [4.69, 9.17) is 5.73 Å². The maximum atomic E-state index is 13.7. The number of amides is 2. The van der Waals surface area contributed by atoms with Crippen LogP contribution in [0.4, 0.5) is 67.2 Å². The zero-order valence-electron chi connectivity index (χ0n) is 24.4. The highest BCUT2D eigenvalue weighted by molar-refractivity contribution is 6.14. The number of nitrogens with two attached hydrogens (primary N) is 1. The van der Waals surface area contributed by atoms with Gasteiger partial charge in [0.05, 0.1) is 28.8 Å². The maximum absolute atomic E-state index is 13.7. The molecule has 3 N–H and O–H groups in total. The third-order valence-electron chi connectivity index (χ3n) is 6.89. The first-order chi connectivity index (χ1) is 22.7. The Bertz CT molecular complexity index is 1930. The number of nitrogens with zero attached hydrogens (tertiary/aromatic N) is 3. The summed E-state index contributed by atoms with van der Waals surface area (Å²) in [5.74, 6) is -13.1. The van der Waals surface area contributed by atoms with Gasteiger partial charge in [0, 0.05) is 5.69 Å². The number of halogens is 14. The van der Waals surface area contributed by atoms with Crippen LogP contribution in [0.15, 0.2) is 54.6 Å². The van der Waals surface area contributed by atoms with Crippen molar-refractivity contribution in [1.82, 2.24) is 14.8 Å². The SMILES string of the molecule is Cc1cc(Cn2nc(C(F)(F)C(F)(F)F)nc2C(F)(F)F)ccc1NC(=O)c1cccc(-c2cc(C(F)(F)F)cc(C(F)(F)F)c2)c1C(N)=O. The van der Waals surface area contributed by atoms with E-state index in [0.717, 1.165) is 36.4 Å². The van der Waals surface area contributed by atoms with Gasteiger partial charge >= 0.3 is 30.6 Å². The van der Waals surface area contributed by atoms with Crippen molar-refractivity contribution in [2.45, 2.75) is 44.1 Å². The average molecular weight is 733 g/mol. The fraction of sp³-hybridized carbons (Fsp3) is 0.241. The lowest BCUT2D eigenvalue weighted by molar-refractivity contribution is -0.292. The predicted octanol–water partition coefficient (Wildman–Crippen LogP) is 8.36. The molecule has 0 fully saturated rings. The minimum atomic E-state index is -6.31. The number of alkyl halides is 14. The maximum Gasteiger partial charge on any atom is 0.461 e. The molecule has 7 nitrogen and oxygen atoms in total. The number of aryl methyl sites for hydroxylation is 1. The molecule has 0 atom stereocenters. The average Bonchev–Trinajstić information content (AvgIpc) is 3.41. The van der Waals surface area contributed by atoms with Gasteiger partial charge in [0.1, 0.15) is 0 Å². The number of rotatable bonds is 7. The molecule has 1 heterocycles. The smallest absolute Gasteiger partial charge is 0.366 e. The van der Waals surface area contributed by atoms with Gasteiger partial charge < -0.3 is 11.1 Å². The zero-order valence-corrected chi connectivity index (χ0v) is 24.4. The third kappa shape index (κ3) is 7.65. The van der Waals surface area contributed by atoms with E-state index in [9.17, 15) is 71.1 Å². The quantitative estimate of drug-likeness (QED) is 0.187. The van der Waals surface area contributed by atoms with Crippen molar-refractivity contribution in [3.63, 3.8) is 0 Å². The number of benzene rings is 3. The summed E-state index contributed by atoms with van der Waals surface area (Å²) < 4.78 is 186. The van der Waals surface area contributed by atoms with Crippen molar-refractivity contribution < 1.29 is 71.1 Å². The molecular weight excluding hydrogens is 716 g/mol.